The minimum Gasteiger partial charge on any atom is -0.364 e. The fourth-order valence-corrected chi connectivity index (χ4v) is 1.95. The van der Waals surface area contributed by atoms with E-state index in [2.05, 4.69) is 37.4 Å². The van der Waals surface area contributed by atoms with Crippen LogP contribution in [0, 0.1) is 0 Å². The van der Waals surface area contributed by atoms with E-state index in [1.807, 2.05) is 0 Å². The van der Waals surface area contributed by atoms with Crippen molar-refractivity contribution in [1.29, 1.82) is 0 Å². The Morgan fingerprint density at radius 1 is 1.24 bits per heavy atom. The first-order valence-corrected chi connectivity index (χ1v) is 6.08. The number of benzene rings is 1. The maximum absolute atomic E-state index is 11.7. The van der Waals surface area contributed by atoms with Crippen LogP contribution in [0.1, 0.15) is 30.5 Å². The van der Waals surface area contributed by atoms with Gasteiger partial charge in [-0.3, -0.25) is 4.79 Å². The van der Waals surface area contributed by atoms with Crippen LogP contribution in [0.2, 0.25) is 0 Å². The van der Waals surface area contributed by atoms with Gasteiger partial charge in [0.25, 0.3) is 0 Å². The molecule has 0 spiro atoms. The van der Waals surface area contributed by atoms with E-state index in [-0.39, 0.29) is 12.6 Å². The van der Waals surface area contributed by atoms with Gasteiger partial charge < -0.3 is 10.1 Å². The Labute approximate surface area is 103 Å². The van der Waals surface area contributed by atoms with E-state index in [4.69, 9.17) is 4.74 Å². The smallest absolute Gasteiger partial charge is 0.226 e. The molecule has 17 heavy (non-hydrogen) atoms. The highest BCUT2D eigenvalue weighted by Gasteiger charge is 2.10. The van der Waals surface area contributed by atoms with Gasteiger partial charge >= 0.3 is 0 Å². The number of aryl methyl sites for hydroxylation is 2. The number of hydrogen-bond acceptors (Lipinski definition) is 2. The van der Waals surface area contributed by atoms with Crippen molar-refractivity contribution in [2.75, 3.05) is 13.8 Å². The molecule has 0 aliphatic carbocycles. The Balaban J connectivity index is 2.83. The predicted molar refractivity (Wildman–Crippen MR) is 68.9 cm³/mol. The molecule has 0 heterocycles. The summed E-state index contributed by atoms with van der Waals surface area (Å²) in [7, 11) is 1.57. The Morgan fingerprint density at radius 3 is 2.29 bits per heavy atom. The fraction of sp³-hybridized carbons (Fsp3) is 0.500. The zero-order chi connectivity index (χ0) is 12.7. The lowest BCUT2D eigenvalue weighted by Gasteiger charge is -2.12. The van der Waals surface area contributed by atoms with Crippen LogP contribution in [-0.4, -0.2) is 19.7 Å². The van der Waals surface area contributed by atoms with Crippen molar-refractivity contribution in [2.45, 2.75) is 33.1 Å². The van der Waals surface area contributed by atoms with Gasteiger partial charge in [0.05, 0.1) is 6.42 Å². The number of ether oxygens (including phenoxy) is 1. The number of methoxy groups -OCH3 is 1. The monoisotopic (exact) mass is 235 g/mol. The molecule has 0 unspecified atom stereocenters. The summed E-state index contributed by atoms with van der Waals surface area (Å²) in [6.45, 7) is 4.51. The Hall–Kier alpha value is -1.35. The summed E-state index contributed by atoms with van der Waals surface area (Å²) < 4.78 is 4.83. The molecule has 0 aromatic heterocycles. The molecule has 0 bridgehead atoms. The lowest BCUT2D eigenvalue weighted by Crippen LogP contribution is -2.27. The van der Waals surface area contributed by atoms with Crippen molar-refractivity contribution in [3.8, 4) is 0 Å². The topological polar surface area (TPSA) is 38.3 Å². The molecule has 3 nitrogen and oxygen atoms in total. The third kappa shape index (κ3) is 3.86. The lowest BCUT2D eigenvalue weighted by atomic mass is 9.95. The normalized spacial score (nSPS) is 10.3. The van der Waals surface area contributed by atoms with Crippen LogP contribution in [-0.2, 0) is 28.8 Å². The molecule has 0 fully saturated rings. The van der Waals surface area contributed by atoms with Crippen LogP contribution in [0.4, 0.5) is 0 Å². The van der Waals surface area contributed by atoms with E-state index in [1.165, 1.54) is 16.7 Å². The second kappa shape index (κ2) is 7.07. The van der Waals surface area contributed by atoms with E-state index < -0.39 is 0 Å². The maximum Gasteiger partial charge on any atom is 0.226 e. The van der Waals surface area contributed by atoms with E-state index in [0.717, 1.165) is 12.8 Å². The highest BCUT2D eigenvalue weighted by molar-refractivity contribution is 5.79. The first-order valence-electron chi connectivity index (χ1n) is 6.08. The first-order chi connectivity index (χ1) is 8.22. The third-order valence-corrected chi connectivity index (χ3v) is 2.88. The van der Waals surface area contributed by atoms with Gasteiger partial charge in [-0.25, -0.2) is 0 Å². The molecule has 0 radical (unpaired) electrons. The van der Waals surface area contributed by atoms with Gasteiger partial charge in [0, 0.05) is 7.11 Å². The zero-order valence-electron chi connectivity index (χ0n) is 10.9. The SMILES string of the molecule is CCc1cccc(CC)c1CC(=O)NCOC. The quantitative estimate of drug-likeness (QED) is 0.767. The van der Waals surface area contributed by atoms with E-state index in [9.17, 15) is 4.79 Å². The lowest BCUT2D eigenvalue weighted by molar-refractivity contribution is -0.121. The van der Waals surface area contributed by atoms with E-state index in [1.54, 1.807) is 7.11 Å². The van der Waals surface area contributed by atoms with Crippen molar-refractivity contribution < 1.29 is 9.53 Å². The molecule has 0 saturated carbocycles. The minimum absolute atomic E-state index is 0.0162. The van der Waals surface area contributed by atoms with Crippen molar-refractivity contribution in [3.05, 3.63) is 34.9 Å². The maximum atomic E-state index is 11.7. The first kappa shape index (κ1) is 13.7. The van der Waals surface area contributed by atoms with Crippen LogP contribution in [0.3, 0.4) is 0 Å². The molecule has 94 valence electrons. The highest BCUT2D eigenvalue weighted by Crippen LogP contribution is 2.17. The molecule has 0 aliphatic heterocycles. The van der Waals surface area contributed by atoms with Crippen LogP contribution in [0.5, 0.6) is 0 Å². The predicted octanol–water partition coefficient (Wildman–Crippen LogP) is 2.07. The fourth-order valence-electron chi connectivity index (χ4n) is 1.95. The largest absolute Gasteiger partial charge is 0.364 e. The van der Waals surface area contributed by atoms with Crippen LogP contribution < -0.4 is 5.32 Å². The van der Waals surface area contributed by atoms with Gasteiger partial charge in [-0.05, 0) is 29.5 Å². The Morgan fingerprint density at radius 2 is 1.82 bits per heavy atom. The molecule has 0 atom stereocenters. The summed E-state index contributed by atoms with van der Waals surface area (Å²) in [5, 5.41) is 2.72. The molecule has 1 aromatic rings. The van der Waals surface area contributed by atoms with Crippen molar-refractivity contribution in [1.82, 2.24) is 5.32 Å². The van der Waals surface area contributed by atoms with Crippen molar-refractivity contribution in [3.63, 3.8) is 0 Å². The Kier molecular flexibility index (Phi) is 5.70. The Bertz CT molecular complexity index is 352. The number of carbonyl (C=O) groups excluding carboxylic acids is 1. The molecule has 0 saturated heterocycles. The van der Waals surface area contributed by atoms with E-state index >= 15 is 0 Å². The van der Waals surface area contributed by atoms with Crippen LogP contribution >= 0.6 is 0 Å². The molecular formula is C14H21NO2. The van der Waals surface area contributed by atoms with Crippen molar-refractivity contribution >= 4 is 5.91 Å². The number of nitrogens with one attached hydrogen (secondary N) is 1. The summed E-state index contributed by atoms with van der Waals surface area (Å²) in [6.07, 6.45) is 2.36. The molecule has 3 heteroatoms. The van der Waals surface area contributed by atoms with Gasteiger partial charge in [0.15, 0.2) is 0 Å². The molecule has 1 N–H and O–H groups in total. The third-order valence-electron chi connectivity index (χ3n) is 2.88. The second-order valence-electron chi connectivity index (χ2n) is 3.97. The average molecular weight is 235 g/mol. The molecule has 1 amide bonds. The van der Waals surface area contributed by atoms with Crippen LogP contribution in [0.25, 0.3) is 0 Å². The van der Waals surface area contributed by atoms with Crippen LogP contribution in [0.15, 0.2) is 18.2 Å². The van der Waals surface area contributed by atoms with Gasteiger partial charge in [0.1, 0.15) is 6.73 Å². The number of carbonyl (C=O) groups is 1. The highest BCUT2D eigenvalue weighted by atomic mass is 16.5. The number of hydrogen-bond donors (Lipinski definition) is 1. The molecular weight excluding hydrogens is 214 g/mol. The zero-order valence-corrected chi connectivity index (χ0v) is 10.9. The summed E-state index contributed by atoms with van der Waals surface area (Å²) >= 11 is 0. The molecule has 1 aromatic carbocycles. The minimum atomic E-state index is 0.0162. The van der Waals surface area contributed by atoms with Crippen molar-refractivity contribution in [2.24, 2.45) is 0 Å². The summed E-state index contributed by atoms with van der Waals surface area (Å²) in [5.74, 6) is 0.0162. The second-order valence-corrected chi connectivity index (χ2v) is 3.97. The van der Waals surface area contributed by atoms with Gasteiger partial charge in [-0.1, -0.05) is 32.0 Å². The number of rotatable bonds is 6. The van der Waals surface area contributed by atoms with Gasteiger partial charge in [-0.2, -0.15) is 0 Å². The average Bonchev–Trinajstić information content (AvgIpc) is 2.36. The summed E-state index contributed by atoms with van der Waals surface area (Å²) in [6, 6.07) is 6.25. The van der Waals surface area contributed by atoms with E-state index in [0.29, 0.717) is 6.42 Å². The standard InChI is InChI=1S/C14H21NO2/c1-4-11-7-6-8-12(5-2)13(11)9-14(16)15-10-17-3/h6-8H,4-5,9-10H2,1-3H3,(H,15,16). The summed E-state index contributed by atoms with van der Waals surface area (Å²) in [5.41, 5.74) is 3.69. The molecule has 1 rings (SSSR count). The van der Waals surface area contributed by atoms with Gasteiger partial charge in [0.2, 0.25) is 5.91 Å². The summed E-state index contributed by atoms with van der Waals surface area (Å²) in [4.78, 5) is 11.7. The number of amides is 1. The molecule has 0 aliphatic rings. The van der Waals surface area contributed by atoms with Gasteiger partial charge in [-0.15, -0.1) is 0 Å².